The van der Waals surface area contributed by atoms with E-state index in [-0.39, 0.29) is 10.9 Å². The Hall–Kier alpha value is -2.93. The fraction of sp³-hybridized carbons (Fsp3) is 0.0500. The number of fused-ring (bicyclic) bond motifs is 1. The van der Waals surface area contributed by atoms with Gasteiger partial charge in [0.1, 0.15) is 11.6 Å². The normalized spacial score (nSPS) is 11.0. The van der Waals surface area contributed by atoms with Crippen LogP contribution >= 0.6 is 15.9 Å². The van der Waals surface area contributed by atoms with E-state index in [0.717, 1.165) is 10.5 Å². The molecule has 4 aromatic rings. The summed E-state index contributed by atoms with van der Waals surface area (Å²) in [4.78, 5) is 12.9. The Balaban J connectivity index is 2.01. The average molecular weight is 427 g/mol. The van der Waals surface area contributed by atoms with E-state index in [4.69, 9.17) is 0 Å². The Labute approximate surface area is 162 Å². The molecule has 0 atom stereocenters. The Kier molecular flexibility index (Phi) is 4.53. The van der Waals surface area contributed by atoms with Gasteiger partial charge in [0.2, 0.25) is 0 Å². The molecule has 0 aliphatic carbocycles. The molecule has 27 heavy (non-hydrogen) atoms. The van der Waals surface area contributed by atoms with Crippen molar-refractivity contribution in [1.29, 1.82) is 0 Å². The quantitative estimate of drug-likeness (QED) is 0.450. The molecule has 3 aromatic heterocycles. The summed E-state index contributed by atoms with van der Waals surface area (Å²) >= 11 is 3.37. The molecule has 4 rings (SSSR count). The van der Waals surface area contributed by atoms with Crippen LogP contribution in [0.3, 0.4) is 0 Å². The van der Waals surface area contributed by atoms with Crippen LogP contribution in [-0.2, 0) is 0 Å². The second-order valence-corrected chi connectivity index (χ2v) is 6.89. The van der Waals surface area contributed by atoms with E-state index in [1.165, 1.54) is 6.07 Å². The highest BCUT2D eigenvalue weighted by molar-refractivity contribution is 9.10. The third-order valence-electron chi connectivity index (χ3n) is 4.13. The molecule has 0 saturated carbocycles. The van der Waals surface area contributed by atoms with Crippen molar-refractivity contribution in [1.82, 2.24) is 15.0 Å². The molecule has 134 valence electrons. The molecule has 0 saturated heterocycles. The number of nitrogens with one attached hydrogen (secondary N) is 1. The highest BCUT2D eigenvalue weighted by Crippen LogP contribution is 2.36. The molecule has 1 N–H and O–H groups in total. The van der Waals surface area contributed by atoms with Crippen LogP contribution < -0.4 is 5.32 Å². The van der Waals surface area contributed by atoms with Gasteiger partial charge in [-0.1, -0.05) is 6.07 Å². The summed E-state index contributed by atoms with van der Waals surface area (Å²) in [7, 11) is 0. The van der Waals surface area contributed by atoms with Gasteiger partial charge in [-0.3, -0.25) is 9.97 Å². The molecular formula is C20H13BrF2N4. The lowest BCUT2D eigenvalue weighted by molar-refractivity contribution is 0.591. The monoisotopic (exact) mass is 426 g/mol. The van der Waals surface area contributed by atoms with Gasteiger partial charge in [-0.05, 0) is 41.1 Å². The number of pyridine rings is 3. The molecule has 0 aliphatic rings. The summed E-state index contributed by atoms with van der Waals surface area (Å²) in [6.07, 6.45) is 4.93. The summed E-state index contributed by atoms with van der Waals surface area (Å²) in [5.74, 6) is -1.36. The molecule has 0 bridgehead atoms. The van der Waals surface area contributed by atoms with Gasteiger partial charge < -0.3 is 5.32 Å². The van der Waals surface area contributed by atoms with E-state index in [2.05, 4.69) is 36.2 Å². The largest absolute Gasteiger partial charge is 0.353 e. The van der Waals surface area contributed by atoms with Crippen LogP contribution in [0.2, 0.25) is 0 Å². The summed E-state index contributed by atoms with van der Waals surface area (Å²) in [5.41, 5.74) is 3.25. The van der Waals surface area contributed by atoms with E-state index in [9.17, 15) is 8.78 Å². The molecule has 0 radical (unpaired) electrons. The van der Waals surface area contributed by atoms with Gasteiger partial charge in [0.15, 0.2) is 0 Å². The third kappa shape index (κ3) is 3.38. The minimum absolute atomic E-state index is 0.212. The lowest BCUT2D eigenvalue weighted by Gasteiger charge is -2.16. The molecule has 0 spiro atoms. The zero-order chi connectivity index (χ0) is 19.0. The number of hydrogen-bond acceptors (Lipinski definition) is 4. The lowest BCUT2D eigenvalue weighted by atomic mass is 10.0. The maximum Gasteiger partial charge on any atom is 0.137 e. The van der Waals surface area contributed by atoms with Crippen LogP contribution in [0.15, 0.2) is 59.5 Å². The molecule has 0 unspecified atom stereocenters. The smallest absolute Gasteiger partial charge is 0.137 e. The first-order chi connectivity index (χ1) is 13.0. The first kappa shape index (κ1) is 17.5. The topological polar surface area (TPSA) is 50.7 Å². The van der Waals surface area contributed by atoms with Crippen LogP contribution in [-0.4, -0.2) is 15.0 Å². The third-order valence-corrected chi connectivity index (χ3v) is 4.56. The molecular weight excluding hydrogens is 414 g/mol. The van der Waals surface area contributed by atoms with Crippen molar-refractivity contribution in [3.8, 4) is 11.4 Å². The molecule has 7 heteroatoms. The number of rotatable bonds is 3. The Morgan fingerprint density at radius 2 is 1.93 bits per heavy atom. The number of hydrogen-bond donors (Lipinski definition) is 1. The van der Waals surface area contributed by atoms with Crippen LogP contribution in [0.5, 0.6) is 0 Å². The van der Waals surface area contributed by atoms with Crippen molar-refractivity contribution in [3.05, 3.63) is 76.7 Å². The molecule has 1 aromatic carbocycles. The molecule has 0 fully saturated rings. The zero-order valence-electron chi connectivity index (χ0n) is 14.2. The van der Waals surface area contributed by atoms with E-state index < -0.39 is 11.6 Å². The van der Waals surface area contributed by atoms with Gasteiger partial charge in [-0.25, -0.2) is 13.8 Å². The summed E-state index contributed by atoms with van der Waals surface area (Å²) in [6.45, 7) is 1.83. The van der Waals surface area contributed by atoms with Crippen molar-refractivity contribution in [3.63, 3.8) is 0 Å². The van der Waals surface area contributed by atoms with Crippen LogP contribution in [0.4, 0.5) is 20.2 Å². The van der Waals surface area contributed by atoms with E-state index in [1.807, 2.05) is 19.1 Å². The predicted molar refractivity (Wildman–Crippen MR) is 105 cm³/mol. The first-order valence-corrected chi connectivity index (χ1v) is 8.90. The van der Waals surface area contributed by atoms with Crippen molar-refractivity contribution >= 4 is 38.2 Å². The van der Waals surface area contributed by atoms with Crippen molar-refractivity contribution in [2.75, 3.05) is 5.32 Å². The van der Waals surface area contributed by atoms with E-state index in [0.29, 0.717) is 28.3 Å². The van der Waals surface area contributed by atoms with Gasteiger partial charge in [0.05, 0.1) is 39.9 Å². The standard InChI is InChI=1S/C20H13BrF2N4/c1-11-19(16-4-2-3-5-25-16)27-17-8-13(22)7-15(23)18(17)20(11)26-14-6-12(21)9-24-10-14/h2-10H,1H3,(H,26,27). The Morgan fingerprint density at radius 1 is 1.07 bits per heavy atom. The summed E-state index contributed by atoms with van der Waals surface area (Å²) < 4.78 is 29.2. The molecule has 4 nitrogen and oxygen atoms in total. The fourth-order valence-corrected chi connectivity index (χ4v) is 3.30. The highest BCUT2D eigenvalue weighted by atomic mass is 79.9. The number of nitrogens with zero attached hydrogens (tertiary/aromatic N) is 3. The van der Waals surface area contributed by atoms with Gasteiger partial charge >= 0.3 is 0 Å². The number of halogens is 3. The van der Waals surface area contributed by atoms with Gasteiger partial charge in [0, 0.05) is 34.6 Å². The number of benzene rings is 1. The molecule has 0 amide bonds. The predicted octanol–water partition coefficient (Wildman–Crippen LogP) is 5.78. The Morgan fingerprint density at radius 3 is 2.67 bits per heavy atom. The second-order valence-electron chi connectivity index (χ2n) is 5.97. The zero-order valence-corrected chi connectivity index (χ0v) is 15.8. The maximum absolute atomic E-state index is 14.6. The van der Waals surface area contributed by atoms with Gasteiger partial charge in [-0.2, -0.15) is 0 Å². The van der Waals surface area contributed by atoms with Crippen LogP contribution in [0, 0.1) is 18.6 Å². The minimum Gasteiger partial charge on any atom is -0.353 e. The van der Waals surface area contributed by atoms with Gasteiger partial charge in [-0.15, -0.1) is 0 Å². The first-order valence-electron chi connectivity index (χ1n) is 8.11. The summed E-state index contributed by atoms with van der Waals surface area (Å²) in [6, 6.07) is 9.33. The van der Waals surface area contributed by atoms with Crippen molar-refractivity contribution < 1.29 is 8.78 Å². The average Bonchev–Trinajstić information content (AvgIpc) is 2.64. The van der Waals surface area contributed by atoms with E-state index in [1.54, 1.807) is 30.7 Å². The van der Waals surface area contributed by atoms with Crippen molar-refractivity contribution in [2.45, 2.75) is 6.92 Å². The molecule has 0 aliphatic heterocycles. The van der Waals surface area contributed by atoms with Gasteiger partial charge in [0.25, 0.3) is 0 Å². The lowest BCUT2D eigenvalue weighted by Crippen LogP contribution is -2.02. The van der Waals surface area contributed by atoms with Crippen LogP contribution in [0.1, 0.15) is 5.56 Å². The molecule has 3 heterocycles. The maximum atomic E-state index is 14.6. The summed E-state index contributed by atoms with van der Waals surface area (Å²) in [5, 5.41) is 3.42. The SMILES string of the molecule is Cc1c(-c2ccccn2)nc2cc(F)cc(F)c2c1Nc1cncc(Br)c1. The fourth-order valence-electron chi connectivity index (χ4n) is 2.94. The Bertz CT molecular complexity index is 1150. The number of anilines is 2. The minimum atomic E-state index is -0.682. The van der Waals surface area contributed by atoms with Crippen molar-refractivity contribution in [2.24, 2.45) is 0 Å². The van der Waals surface area contributed by atoms with E-state index >= 15 is 0 Å². The second kappa shape index (κ2) is 7.00. The highest BCUT2D eigenvalue weighted by Gasteiger charge is 2.18. The van der Waals surface area contributed by atoms with Crippen LogP contribution in [0.25, 0.3) is 22.3 Å². The number of aromatic nitrogens is 3.